The van der Waals surface area contributed by atoms with Gasteiger partial charge in [-0.1, -0.05) is 0 Å². The number of ether oxygens (including phenoxy) is 1. The Morgan fingerprint density at radius 1 is 1.60 bits per heavy atom. The topological polar surface area (TPSA) is 22.1 Å². The fourth-order valence-electron chi connectivity index (χ4n) is 0.544. The SMILES string of the molecule is COc1cncc(I)c1F. The molecule has 1 aromatic rings. The maximum atomic E-state index is 12.8. The molecule has 0 saturated heterocycles. The van der Waals surface area contributed by atoms with Gasteiger partial charge in [-0.15, -0.1) is 0 Å². The second-order valence-electron chi connectivity index (χ2n) is 1.64. The number of rotatable bonds is 1. The molecule has 1 rings (SSSR count). The summed E-state index contributed by atoms with van der Waals surface area (Å²) in [5, 5.41) is 0. The van der Waals surface area contributed by atoms with Crippen LogP contribution in [0, 0.1) is 9.39 Å². The van der Waals surface area contributed by atoms with Gasteiger partial charge in [-0.3, -0.25) is 4.98 Å². The van der Waals surface area contributed by atoms with E-state index < -0.39 is 0 Å². The number of halogens is 2. The molecule has 0 radical (unpaired) electrons. The van der Waals surface area contributed by atoms with Crippen molar-refractivity contribution in [3.8, 4) is 5.75 Å². The molecule has 0 N–H and O–H groups in total. The van der Waals surface area contributed by atoms with E-state index in [0.717, 1.165) is 0 Å². The Morgan fingerprint density at radius 2 is 2.30 bits per heavy atom. The van der Waals surface area contributed by atoms with E-state index in [-0.39, 0.29) is 11.6 Å². The van der Waals surface area contributed by atoms with Crippen LogP contribution in [0.1, 0.15) is 0 Å². The van der Waals surface area contributed by atoms with Crippen molar-refractivity contribution in [2.45, 2.75) is 0 Å². The van der Waals surface area contributed by atoms with Crippen LogP contribution in [-0.2, 0) is 0 Å². The molecule has 0 fully saturated rings. The molecule has 0 spiro atoms. The van der Waals surface area contributed by atoms with Gasteiger partial charge in [0.1, 0.15) is 0 Å². The highest BCUT2D eigenvalue weighted by Gasteiger charge is 2.04. The van der Waals surface area contributed by atoms with Crippen LogP contribution >= 0.6 is 22.6 Å². The van der Waals surface area contributed by atoms with Gasteiger partial charge in [0.25, 0.3) is 0 Å². The molecular formula is C6H5FINO. The molecule has 2 nitrogen and oxygen atoms in total. The third-order valence-corrected chi connectivity index (χ3v) is 1.78. The summed E-state index contributed by atoms with van der Waals surface area (Å²) < 4.78 is 18.0. The van der Waals surface area contributed by atoms with Gasteiger partial charge in [0.2, 0.25) is 0 Å². The zero-order valence-electron chi connectivity index (χ0n) is 5.27. The summed E-state index contributed by atoms with van der Waals surface area (Å²) in [5.74, 6) is -0.162. The van der Waals surface area contributed by atoms with Crippen molar-refractivity contribution in [1.29, 1.82) is 0 Å². The first-order valence-corrected chi connectivity index (χ1v) is 3.66. The van der Waals surface area contributed by atoms with Crippen molar-refractivity contribution in [3.05, 3.63) is 21.8 Å². The van der Waals surface area contributed by atoms with Crippen molar-refractivity contribution in [1.82, 2.24) is 4.98 Å². The average Bonchev–Trinajstić information content (AvgIpc) is 1.95. The van der Waals surface area contributed by atoms with Gasteiger partial charge in [-0.2, -0.15) is 0 Å². The fraction of sp³-hybridized carbons (Fsp3) is 0.167. The summed E-state index contributed by atoms with van der Waals surface area (Å²) in [7, 11) is 1.41. The Hall–Kier alpha value is -0.390. The van der Waals surface area contributed by atoms with Gasteiger partial charge in [0, 0.05) is 6.20 Å². The molecule has 0 aliphatic rings. The smallest absolute Gasteiger partial charge is 0.181 e. The minimum atomic E-state index is -0.349. The lowest BCUT2D eigenvalue weighted by Gasteiger charge is -1.99. The van der Waals surface area contributed by atoms with E-state index in [1.807, 2.05) is 22.6 Å². The predicted molar refractivity (Wildman–Crippen MR) is 43.5 cm³/mol. The minimum absolute atomic E-state index is 0.187. The molecule has 0 amide bonds. The number of hydrogen-bond acceptors (Lipinski definition) is 2. The monoisotopic (exact) mass is 253 g/mol. The summed E-state index contributed by atoms with van der Waals surface area (Å²) in [5.41, 5.74) is 0. The van der Waals surface area contributed by atoms with E-state index in [4.69, 9.17) is 0 Å². The Bertz CT molecular complexity index is 241. The average molecular weight is 253 g/mol. The highest BCUT2D eigenvalue weighted by atomic mass is 127. The van der Waals surface area contributed by atoms with E-state index in [1.165, 1.54) is 19.5 Å². The molecule has 0 unspecified atom stereocenters. The molecule has 4 heteroatoms. The van der Waals surface area contributed by atoms with E-state index >= 15 is 0 Å². The quantitative estimate of drug-likeness (QED) is 0.712. The van der Waals surface area contributed by atoms with Crippen molar-refractivity contribution in [2.75, 3.05) is 7.11 Å². The van der Waals surface area contributed by atoms with Crippen LogP contribution in [0.25, 0.3) is 0 Å². The third-order valence-electron chi connectivity index (χ3n) is 1.03. The lowest BCUT2D eigenvalue weighted by atomic mass is 10.4. The highest BCUT2D eigenvalue weighted by molar-refractivity contribution is 14.1. The fourth-order valence-corrected chi connectivity index (χ4v) is 0.970. The summed E-state index contributed by atoms with van der Waals surface area (Å²) in [4.78, 5) is 3.74. The molecule has 0 atom stereocenters. The largest absolute Gasteiger partial charge is 0.492 e. The number of nitrogens with zero attached hydrogens (tertiary/aromatic N) is 1. The van der Waals surface area contributed by atoms with Crippen LogP contribution in [0.5, 0.6) is 5.75 Å². The van der Waals surface area contributed by atoms with E-state index in [0.29, 0.717) is 3.57 Å². The van der Waals surface area contributed by atoms with Crippen molar-refractivity contribution in [3.63, 3.8) is 0 Å². The first-order chi connectivity index (χ1) is 4.75. The molecule has 0 aliphatic carbocycles. The minimum Gasteiger partial charge on any atom is -0.492 e. The molecule has 1 aromatic heterocycles. The summed E-state index contributed by atoms with van der Waals surface area (Å²) in [6.45, 7) is 0. The Kier molecular flexibility index (Phi) is 2.42. The van der Waals surface area contributed by atoms with Crippen LogP contribution < -0.4 is 4.74 Å². The van der Waals surface area contributed by atoms with Gasteiger partial charge in [0.05, 0.1) is 16.9 Å². The third kappa shape index (κ3) is 1.36. The molecular weight excluding hydrogens is 248 g/mol. The van der Waals surface area contributed by atoms with Gasteiger partial charge >= 0.3 is 0 Å². The lowest BCUT2D eigenvalue weighted by Crippen LogP contribution is -1.91. The predicted octanol–water partition coefficient (Wildman–Crippen LogP) is 1.83. The van der Waals surface area contributed by atoms with Crippen molar-refractivity contribution in [2.24, 2.45) is 0 Å². The van der Waals surface area contributed by atoms with E-state index in [9.17, 15) is 4.39 Å². The second-order valence-corrected chi connectivity index (χ2v) is 2.80. The van der Waals surface area contributed by atoms with Crippen LogP contribution in [0.4, 0.5) is 4.39 Å². The number of aromatic nitrogens is 1. The summed E-state index contributed by atoms with van der Waals surface area (Å²) >= 11 is 1.86. The molecule has 1 heterocycles. The van der Waals surface area contributed by atoms with Gasteiger partial charge in [0.15, 0.2) is 11.6 Å². The number of pyridine rings is 1. The zero-order valence-corrected chi connectivity index (χ0v) is 7.42. The van der Waals surface area contributed by atoms with Crippen LogP contribution in [0.2, 0.25) is 0 Å². The zero-order chi connectivity index (χ0) is 7.56. The maximum absolute atomic E-state index is 12.8. The Labute approximate surface area is 71.6 Å². The van der Waals surface area contributed by atoms with Gasteiger partial charge in [-0.25, -0.2) is 4.39 Å². The maximum Gasteiger partial charge on any atom is 0.181 e. The molecule has 0 saturated carbocycles. The van der Waals surface area contributed by atoms with Crippen molar-refractivity contribution < 1.29 is 9.13 Å². The summed E-state index contributed by atoms with van der Waals surface area (Å²) in [6.07, 6.45) is 2.79. The molecule has 0 aliphatic heterocycles. The molecule has 0 aromatic carbocycles. The Balaban J connectivity index is 3.14. The van der Waals surface area contributed by atoms with E-state index in [2.05, 4.69) is 9.72 Å². The van der Waals surface area contributed by atoms with E-state index in [1.54, 1.807) is 0 Å². The highest BCUT2D eigenvalue weighted by Crippen LogP contribution is 2.18. The lowest BCUT2D eigenvalue weighted by molar-refractivity contribution is 0.382. The van der Waals surface area contributed by atoms with Crippen molar-refractivity contribution >= 4 is 22.6 Å². The first kappa shape index (κ1) is 7.71. The van der Waals surface area contributed by atoms with Crippen LogP contribution in [-0.4, -0.2) is 12.1 Å². The molecule has 54 valence electrons. The van der Waals surface area contributed by atoms with Gasteiger partial charge < -0.3 is 4.74 Å². The summed E-state index contributed by atoms with van der Waals surface area (Å²) in [6, 6.07) is 0. The first-order valence-electron chi connectivity index (χ1n) is 2.58. The molecule has 0 bridgehead atoms. The number of methoxy groups -OCH3 is 1. The van der Waals surface area contributed by atoms with Crippen LogP contribution in [0.3, 0.4) is 0 Å². The van der Waals surface area contributed by atoms with Crippen LogP contribution in [0.15, 0.2) is 12.4 Å². The second kappa shape index (κ2) is 3.14. The van der Waals surface area contributed by atoms with Gasteiger partial charge in [-0.05, 0) is 22.6 Å². The normalized spacial score (nSPS) is 9.50. The molecule has 10 heavy (non-hydrogen) atoms. The Morgan fingerprint density at radius 3 is 2.80 bits per heavy atom. The standard InChI is InChI=1S/C6H5FINO/c1-10-5-3-9-2-4(8)6(5)7/h2-3H,1H3. The number of hydrogen-bond donors (Lipinski definition) is 0.